The van der Waals surface area contributed by atoms with Crippen LogP contribution in [-0.2, 0) is 10.2 Å². The zero-order valence-corrected chi connectivity index (χ0v) is 20.6. The van der Waals surface area contributed by atoms with Gasteiger partial charge in [-0.3, -0.25) is 9.59 Å². The Morgan fingerprint density at radius 1 is 0.970 bits per heavy atom. The number of ketones is 2. The van der Waals surface area contributed by atoms with Crippen molar-refractivity contribution in [3.8, 4) is 11.5 Å². The quantitative estimate of drug-likeness (QED) is 0.426. The molecule has 33 heavy (non-hydrogen) atoms. The summed E-state index contributed by atoms with van der Waals surface area (Å²) in [6.45, 7) is 12.5. The third-order valence-corrected chi connectivity index (χ3v) is 10.8. The predicted molar refractivity (Wildman–Crippen MR) is 126 cm³/mol. The van der Waals surface area contributed by atoms with Crippen LogP contribution in [0.3, 0.4) is 0 Å². The average Bonchev–Trinajstić information content (AvgIpc) is 2.74. The largest absolute Gasteiger partial charge is 0.504 e. The van der Waals surface area contributed by atoms with Crippen LogP contribution in [0.4, 0.5) is 0 Å². The molecule has 5 heteroatoms. The Hall–Kier alpha value is -2.30. The molecule has 1 aromatic carbocycles. The Morgan fingerprint density at radius 2 is 1.64 bits per heavy atom. The molecule has 3 N–H and O–H groups in total. The van der Waals surface area contributed by atoms with E-state index < -0.39 is 16.6 Å². The Morgan fingerprint density at radius 3 is 2.30 bits per heavy atom. The van der Waals surface area contributed by atoms with Crippen LogP contribution in [0.25, 0.3) is 0 Å². The summed E-state index contributed by atoms with van der Waals surface area (Å²) in [6, 6.07) is 1.53. The second-order valence-electron chi connectivity index (χ2n) is 12.4. The van der Waals surface area contributed by atoms with E-state index in [1.165, 1.54) is 6.07 Å². The van der Waals surface area contributed by atoms with E-state index in [4.69, 9.17) is 0 Å². The number of aliphatic hydroxyl groups is 1. The number of aliphatic hydroxyl groups excluding tert-OH is 1. The summed E-state index contributed by atoms with van der Waals surface area (Å²) >= 11 is 0. The number of hydrogen-bond acceptors (Lipinski definition) is 5. The van der Waals surface area contributed by atoms with Crippen molar-refractivity contribution >= 4 is 11.6 Å². The van der Waals surface area contributed by atoms with Crippen molar-refractivity contribution in [1.29, 1.82) is 0 Å². The van der Waals surface area contributed by atoms with Gasteiger partial charge in [-0.2, -0.15) is 0 Å². The second kappa shape index (κ2) is 6.43. The van der Waals surface area contributed by atoms with Crippen LogP contribution in [0.5, 0.6) is 11.5 Å². The lowest BCUT2D eigenvalue weighted by Gasteiger charge is -2.68. The van der Waals surface area contributed by atoms with Gasteiger partial charge in [0.15, 0.2) is 17.3 Å². The number of fused-ring (bicyclic) bond motifs is 7. The lowest BCUT2D eigenvalue weighted by Crippen LogP contribution is -2.62. The van der Waals surface area contributed by atoms with Crippen LogP contribution in [0.1, 0.15) is 94.6 Å². The fourth-order valence-electron chi connectivity index (χ4n) is 8.61. The first-order valence-corrected chi connectivity index (χ1v) is 12.3. The molecule has 0 saturated heterocycles. The molecule has 5 nitrogen and oxygen atoms in total. The first kappa shape index (κ1) is 22.5. The third-order valence-electron chi connectivity index (χ3n) is 10.8. The molecule has 5 rings (SSSR count). The smallest absolute Gasteiger partial charge is 0.228 e. The molecule has 0 aromatic heterocycles. The van der Waals surface area contributed by atoms with Crippen LogP contribution in [-0.4, -0.2) is 26.9 Å². The Bertz CT molecular complexity index is 1150. The van der Waals surface area contributed by atoms with Gasteiger partial charge in [0.05, 0.1) is 0 Å². The number of rotatable bonds is 0. The molecule has 4 aliphatic rings. The highest BCUT2D eigenvalue weighted by Gasteiger charge is 2.67. The molecular weight excluding hydrogens is 416 g/mol. The molecule has 0 aliphatic heterocycles. The van der Waals surface area contributed by atoms with Crippen LogP contribution >= 0.6 is 0 Å². The van der Waals surface area contributed by atoms with Crippen molar-refractivity contribution in [1.82, 2.24) is 0 Å². The molecule has 3 saturated carbocycles. The number of carbonyl (C=O) groups excluding carboxylic acids is 2. The average molecular weight is 453 g/mol. The van der Waals surface area contributed by atoms with Crippen LogP contribution < -0.4 is 0 Å². The SMILES string of the molecule is Cc1c(O)c(O)cc2c1C(=O)C(O)=C1C2(C)CCC2(C)C3CC(C)C(=O)CC3(C)CCC12C. The van der Waals surface area contributed by atoms with Crippen LogP contribution in [0.15, 0.2) is 17.4 Å². The van der Waals surface area contributed by atoms with Crippen molar-refractivity contribution in [3.05, 3.63) is 34.1 Å². The summed E-state index contributed by atoms with van der Waals surface area (Å²) < 4.78 is 0. The van der Waals surface area contributed by atoms with E-state index in [-0.39, 0.29) is 34.0 Å². The fourth-order valence-corrected chi connectivity index (χ4v) is 8.61. The Balaban J connectivity index is 1.73. The van der Waals surface area contributed by atoms with Gasteiger partial charge in [-0.15, -0.1) is 0 Å². The molecule has 6 atom stereocenters. The maximum Gasteiger partial charge on any atom is 0.228 e. The highest BCUT2D eigenvalue weighted by atomic mass is 16.3. The van der Waals surface area contributed by atoms with Gasteiger partial charge in [0.2, 0.25) is 5.78 Å². The maximum absolute atomic E-state index is 13.5. The highest BCUT2D eigenvalue weighted by Crippen LogP contribution is 2.74. The van der Waals surface area contributed by atoms with E-state index >= 15 is 0 Å². The van der Waals surface area contributed by atoms with Crippen molar-refractivity contribution in [3.63, 3.8) is 0 Å². The normalized spacial score (nSPS) is 42.4. The monoisotopic (exact) mass is 452 g/mol. The first-order chi connectivity index (χ1) is 15.2. The number of allylic oxidation sites excluding steroid dienone is 2. The number of hydrogen-bond donors (Lipinski definition) is 3. The van der Waals surface area contributed by atoms with Gasteiger partial charge in [0.1, 0.15) is 5.78 Å². The van der Waals surface area contributed by atoms with E-state index in [0.29, 0.717) is 34.8 Å². The maximum atomic E-state index is 13.5. The van der Waals surface area contributed by atoms with Crippen molar-refractivity contribution in [2.75, 3.05) is 0 Å². The predicted octanol–water partition coefficient (Wildman–Crippen LogP) is 5.89. The number of phenolic OH excluding ortho intramolecular Hbond substituents is 2. The van der Waals surface area contributed by atoms with Crippen molar-refractivity contribution in [2.24, 2.45) is 28.1 Å². The summed E-state index contributed by atoms with van der Waals surface area (Å²) in [5.41, 5.74) is 0.886. The molecule has 0 radical (unpaired) electrons. The lowest BCUT2D eigenvalue weighted by atomic mass is 9.35. The molecule has 0 heterocycles. The van der Waals surface area contributed by atoms with Gasteiger partial charge in [0.25, 0.3) is 0 Å². The summed E-state index contributed by atoms with van der Waals surface area (Å²) in [7, 11) is 0. The van der Waals surface area contributed by atoms with Gasteiger partial charge in [-0.05, 0) is 78.4 Å². The molecule has 0 amide bonds. The van der Waals surface area contributed by atoms with Gasteiger partial charge in [-0.1, -0.05) is 34.6 Å². The zero-order chi connectivity index (χ0) is 24.3. The minimum atomic E-state index is -0.610. The minimum Gasteiger partial charge on any atom is -0.504 e. The van der Waals surface area contributed by atoms with Crippen molar-refractivity contribution in [2.45, 2.75) is 85.5 Å². The van der Waals surface area contributed by atoms with E-state index in [1.54, 1.807) is 6.92 Å². The zero-order valence-electron chi connectivity index (χ0n) is 20.6. The van der Waals surface area contributed by atoms with E-state index in [1.807, 2.05) is 6.92 Å². The Kier molecular flexibility index (Phi) is 4.38. The van der Waals surface area contributed by atoms with E-state index in [9.17, 15) is 24.9 Å². The molecule has 1 aromatic rings. The summed E-state index contributed by atoms with van der Waals surface area (Å²) in [5.74, 6) is -0.455. The summed E-state index contributed by atoms with van der Waals surface area (Å²) in [4.78, 5) is 26.2. The fraction of sp³-hybridized carbons (Fsp3) is 0.643. The van der Waals surface area contributed by atoms with Gasteiger partial charge >= 0.3 is 0 Å². The molecule has 0 bridgehead atoms. The topological polar surface area (TPSA) is 94.8 Å². The van der Waals surface area contributed by atoms with Gasteiger partial charge in [-0.25, -0.2) is 0 Å². The summed E-state index contributed by atoms with van der Waals surface area (Å²) in [6.07, 6.45) is 4.80. The van der Waals surface area contributed by atoms with Gasteiger partial charge in [0, 0.05) is 28.9 Å². The second-order valence-corrected chi connectivity index (χ2v) is 12.4. The molecular formula is C28H36O5. The third kappa shape index (κ3) is 2.49. The van der Waals surface area contributed by atoms with Gasteiger partial charge < -0.3 is 15.3 Å². The van der Waals surface area contributed by atoms with Crippen LogP contribution in [0, 0.1) is 35.0 Å². The van der Waals surface area contributed by atoms with E-state index in [2.05, 4.69) is 27.7 Å². The standard InChI is InChI=1S/C28H36O5/c1-14-11-19-25(3,13-18(14)30)7-9-28(6)24-23(33)22(32)20-15(2)21(31)17(29)12-16(20)26(24,4)8-10-27(19,28)5/h12,14,19,29,31,33H,7-11,13H2,1-6H3. The molecule has 3 fully saturated rings. The minimum absolute atomic E-state index is 0.0365. The van der Waals surface area contributed by atoms with E-state index in [0.717, 1.165) is 37.7 Å². The summed E-state index contributed by atoms with van der Waals surface area (Å²) in [5, 5.41) is 32.2. The lowest BCUT2D eigenvalue weighted by molar-refractivity contribution is -0.160. The highest BCUT2D eigenvalue weighted by molar-refractivity contribution is 6.12. The molecule has 0 spiro atoms. The van der Waals surface area contributed by atoms with Crippen molar-refractivity contribution < 1.29 is 24.9 Å². The molecule has 4 aliphatic carbocycles. The molecule has 178 valence electrons. The molecule has 6 unspecified atom stereocenters. The Labute approximate surface area is 195 Å². The first-order valence-electron chi connectivity index (χ1n) is 12.3. The number of benzene rings is 1. The number of Topliss-reactive ketones (excluding diaryl/α,β-unsaturated/α-hetero) is 2. The number of carbonyl (C=O) groups is 2. The number of aromatic hydroxyl groups is 2. The van der Waals surface area contributed by atoms with Crippen LogP contribution in [0.2, 0.25) is 0 Å². The number of phenols is 2.